The summed E-state index contributed by atoms with van der Waals surface area (Å²) >= 11 is 5.80. The van der Waals surface area contributed by atoms with Gasteiger partial charge in [-0.1, -0.05) is 17.7 Å². The molecule has 1 heterocycles. The zero-order valence-corrected chi connectivity index (χ0v) is 11.8. The van der Waals surface area contributed by atoms with Gasteiger partial charge in [-0.05, 0) is 24.6 Å². The molecule has 6 nitrogen and oxygen atoms in total. The lowest BCUT2D eigenvalue weighted by molar-refractivity contribution is 0.477. The summed E-state index contributed by atoms with van der Waals surface area (Å²) in [5, 5.41) is 13.3. The third-order valence-electron chi connectivity index (χ3n) is 2.49. The van der Waals surface area contributed by atoms with Gasteiger partial charge in [-0.3, -0.25) is 9.40 Å². The van der Waals surface area contributed by atoms with Crippen LogP contribution in [0.1, 0.15) is 5.56 Å². The molecule has 0 aliphatic rings. The van der Waals surface area contributed by atoms with Crippen molar-refractivity contribution in [1.29, 1.82) is 0 Å². The van der Waals surface area contributed by atoms with E-state index in [1.807, 2.05) is 0 Å². The van der Waals surface area contributed by atoms with E-state index in [0.29, 0.717) is 0 Å². The van der Waals surface area contributed by atoms with Crippen molar-refractivity contribution in [2.24, 2.45) is 7.05 Å². The minimum Gasteiger partial charge on any atom is -0.506 e. The first-order valence-corrected chi connectivity index (χ1v) is 7.17. The average molecular weight is 302 g/mol. The van der Waals surface area contributed by atoms with E-state index in [1.165, 1.54) is 25.4 Å². The highest BCUT2D eigenvalue weighted by Crippen LogP contribution is 2.28. The summed E-state index contributed by atoms with van der Waals surface area (Å²) in [5.74, 6) is -0.160. The Morgan fingerprint density at radius 1 is 1.42 bits per heavy atom. The van der Waals surface area contributed by atoms with Crippen molar-refractivity contribution in [2.45, 2.75) is 11.9 Å². The second-order valence-corrected chi connectivity index (χ2v) is 6.05. The summed E-state index contributed by atoms with van der Waals surface area (Å²) in [6.45, 7) is 1.79. The highest BCUT2D eigenvalue weighted by molar-refractivity contribution is 7.92. The molecule has 8 heteroatoms. The fraction of sp³-hybridized carbons (Fsp3) is 0.182. The van der Waals surface area contributed by atoms with Crippen molar-refractivity contribution in [3.05, 3.63) is 35.0 Å². The van der Waals surface area contributed by atoms with E-state index in [2.05, 4.69) is 9.82 Å². The number of nitrogens with one attached hydrogen (secondary N) is 1. The van der Waals surface area contributed by atoms with Crippen molar-refractivity contribution in [1.82, 2.24) is 9.78 Å². The molecular formula is C11H12ClN3O3S. The molecule has 2 aromatic rings. The van der Waals surface area contributed by atoms with Crippen LogP contribution in [-0.2, 0) is 17.1 Å². The zero-order valence-electron chi connectivity index (χ0n) is 10.3. The molecule has 0 aliphatic heterocycles. The molecule has 0 unspecified atom stereocenters. The minimum absolute atomic E-state index is 0.0159. The first kappa shape index (κ1) is 13.7. The van der Waals surface area contributed by atoms with Gasteiger partial charge in [0.25, 0.3) is 10.0 Å². The summed E-state index contributed by atoms with van der Waals surface area (Å²) in [5.41, 5.74) is 0.906. The zero-order chi connectivity index (χ0) is 14.2. The van der Waals surface area contributed by atoms with Gasteiger partial charge in [-0.15, -0.1) is 0 Å². The van der Waals surface area contributed by atoms with Crippen molar-refractivity contribution < 1.29 is 13.5 Å². The van der Waals surface area contributed by atoms with E-state index >= 15 is 0 Å². The lowest BCUT2D eigenvalue weighted by Gasteiger charge is -2.10. The van der Waals surface area contributed by atoms with Gasteiger partial charge in [0, 0.05) is 7.05 Å². The van der Waals surface area contributed by atoms with Crippen molar-refractivity contribution in [2.75, 3.05) is 4.72 Å². The Kier molecular flexibility index (Phi) is 3.42. The Labute approximate surface area is 115 Å². The molecule has 0 aliphatic carbocycles. The number of aryl methyl sites for hydroxylation is 2. The number of hydrogen-bond acceptors (Lipinski definition) is 4. The van der Waals surface area contributed by atoms with E-state index in [0.717, 1.165) is 10.2 Å². The maximum atomic E-state index is 12.2. The van der Waals surface area contributed by atoms with Gasteiger partial charge in [0.05, 0.1) is 16.9 Å². The number of hydrogen-bond donors (Lipinski definition) is 2. The average Bonchev–Trinajstić information content (AvgIpc) is 2.64. The van der Waals surface area contributed by atoms with Gasteiger partial charge in [-0.25, -0.2) is 0 Å². The molecule has 1 aromatic carbocycles. The minimum atomic E-state index is -3.91. The molecule has 2 N–H and O–H groups in total. The second kappa shape index (κ2) is 4.75. The van der Waals surface area contributed by atoms with E-state index in [9.17, 15) is 13.5 Å². The van der Waals surface area contributed by atoms with E-state index < -0.39 is 10.0 Å². The molecule has 1 aromatic heterocycles. The Balaban J connectivity index is 2.45. The Hall–Kier alpha value is -1.73. The number of phenols is 1. The van der Waals surface area contributed by atoms with Crippen LogP contribution >= 0.6 is 11.6 Å². The Bertz CT molecular complexity index is 705. The molecule has 0 fully saturated rings. The predicted octanol–water partition coefficient (Wildman–Crippen LogP) is 1.89. The topological polar surface area (TPSA) is 84.2 Å². The van der Waals surface area contributed by atoms with Crippen LogP contribution in [0.4, 0.5) is 5.69 Å². The van der Waals surface area contributed by atoms with Crippen LogP contribution in [0, 0.1) is 6.92 Å². The third kappa shape index (κ3) is 2.66. The molecule has 19 heavy (non-hydrogen) atoms. The van der Waals surface area contributed by atoms with Crippen LogP contribution in [0.3, 0.4) is 0 Å². The van der Waals surface area contributed by atoms with Gasteiger partial charge in [-0.2, -0.15) is 13.5 Å². The van der Waals surface area contributed by atoms with Gasteiger partial charge in [0.2, 0.25) is 0 Å². The number of phenolic OH excluding ortho intramolecular Hbond substituents is 1. The quantitative estimate of drug-likeness (QED) is 0.848. The number of aromatic nitrogens is 2. The molecule has 0 bridgehead atoms. The first-order valence-electron chi connectivity index (χ1n) is 5.31. The van der Waals surface area contributed by atoms with E-state index in [-0.39, 0.29) is 21.5 Å². The fourth-order valence-corrected chi connectivity index (χ4v) is 3.35. The Morgan fingerprint density at radius 3 is 2.68 bits per heavy atom. The molecule has 0 amide bonds. The van der Waals surface area contributed by atoms with E-state index in [4.69, 9.17) is 11.6 Å². The van der Waals surface area contributed by atoms with Gasteiger partial charge >= 0.3 is 0 Å². The predicted molar refractivity (Wildman–Crippen MR) is 71.9 cm³/mol. The van der Waals surface area contributed by atoms with Crippen LogP contribution in [0.25, 0.3) is 0 Å². The molecule has 0 saturated carbocycles. The highest BCUT2D eigenvalue weighted by Gasteiger charge is 2.23. The van der Waals surface area contributed by atoms with Crippen LogP contribution in [0.5, 0.6) is 5.75 Å². The first-order chi connectivity index (χ1) is 8.81. The lowest BCUT2D eigenvalue weighted by Crippen LogP contribution is -2.17. The van der Waals surface area contributed by atoms with E-state index in [1.54, 1.807) is 13.0 Å². The number of rotatable bonds is 3. The lowest BCUT2D eigenvalue weighted by atomic mass is 10.2. The molecule has 2 rings (SSSR count). The van der Waals surface area contributed by atoms with Crippen LogP contribution in [0.2, 0.25) is 5.02 Å². The largest absolute Gasteiger partial charge is 0.506 e. The number of aromatic hydroxyl groups is 1. The molecule has 0 saturated heterocycles. The molecular weight excluding hydrogens is 290 g/mol. The van der Waals surface area contributed by atoms with Gasteiger partial charge in [0.1, 0.15) is 5.75 Å². The van der Waals surface area contributed by atoms with Crippen LogP contribution < -0.4 is 4.72 Å². The second-order valence-electron chi connectivity index (χ2n) is 4.05. The Morgan fingerprint density at radius 2 is 2.11 bits per heavy atom. The maximum absolute atomic E-state index is 12.2. The summed E-state index contributed by atoms with van der Waals surface area (Å²) in [4.78, 5) is 0. The van der Waals surface area contributed by atoms with Crippen LogP contribution in [-0.4, -0.2) is 23.3 Å². The molecule has 0 spiro atoms. The van der Waals surface area contributed by atoms with Crippen LogP contribution in [0.15, 0.2) is 29.4 Å². The SMILES string of the molecule is Cc1ccc(O)c(NS(=O)(=O)c2c(Cl)cnn2C)c1. The van der Waals surface area contributed by atoms with Crippen molar-refractivity contribution >= 4 is 27.3 Å². The number of benzene rings is 1. The number of sulfonamides is 1. The standard InChI is InChI=1S/C11H12ClN3O3S/c1-7-3-4-10(16)9(5-7)14-19(17,18)11-8(12)6-13-15(11)2/h3-6,14,16H,1-2H3. The highest BCUT2D eigenvalue weighted by atomic mass is 35.5. The summed E-state index contributed by atoms with van der Waals surface area (Å²) in [7, 11) is -2.44. The fourth-order valence-electron chi connectivity index (χ4n) is 1.63. The molecule has 0 radical (unpaired) electrons. The number of anilines is 1. The molecule has 0 atom stereocenters. The normalized spacial score (nSPS) is 11.5. The van der Waals surface area contributed by atoms with Crippen molar-refractivity contribution in [3.8, 4) is 5.75 Å². The maximum Gasteiger partial charge on any atom is 0.280 e. The van der Waals surface area contributed by atoms with Crippen molar-refractivity contribution in [3.63, 3.8) is 0 Å². The summed E-state index contributed by atoms with van der Waals surface area (Å²) < 4.78 is 27.8. The summed E-state index contributed by atoms with van der Waals surface area (Å²) in [6.07, 6.45) is 1.24. The van der Waals surface area contributed by atoms with Gasteiger partial charge < -0.3 is 5.11 Å². The smallest absolute Gasteiger partial charge is 0.280 e. The monoisotopic (exact) mass is 301 g/mol. The number of nitrogens with zero attached hydrogens (tertiary/aromatic N) is 2. The summed E-state index contributed by atoms with van der Waals surface area (Å²) in [6, 6.07) is 4.61. The van der Waals surface area contributed by atoms with Gasteiger partial charge in [0.15, 0.2) is 5.03 Å². The molecule has 102 valence electrons. The number of halogens is 1. The third-order valence-corrected chi connectivity index (χ3v) is 4.36.